The summed E-state index contributed by atoms with van der Waals surface area (Å²) in [6.07, 6.45) is 1.63. The van der Waals surface area contributed by atoms with Gasteiger partial charge in [0.1, 0.15) is 5.69 Å². The summed E-state index contributed by atoms with van der Waals surface area (Å²) in [6.45, 7) is 5.59. The first-order valence-electron chi connectivity index (χ1n) is 10.1. The van der Waals surface area contributed by atoms with Crippen molar-refractivity contribution in [3.8, 4) is 34.3 Å². The van der Waals surface area contributed by atoms with Crippen LogP contribution in [0.2, 0.25) is 0 Å². The second-order valence-electron chi connectivity index (χ2n) is 7.62. The number of aromatic nitrogens is 4. The quantitative estimate of drug-likeness (QED) is 0.458. The Balaban J connectivity index is 0.00000204. The highest BCUT2D eigenvalue weighted by molar-refractivity contribution is 7.92. The molecule has 4 aromatic rings. The Bertz CT molecular complexity index is 1360. The Kier molecular flexibility index (Phi) is 5.86. The molecule has 0 aliphatic heterocycles. The van der Waals surface area contributed by atoms with Gasteiger partial charge in [-0.3, -0.25) is 4.98 Å². The van der Waals surface area contributed by atoms with Crippen LogP contribution in [0.15, 0.2) is 64.0 Å². The lowest BCUT2D eigenvalue weighted by Gasteiger charge is -2.09. The van der Waals surface area contributed by atoms with E-state index in [0.29, 0.717) is 29.5 Å². The maximum absolute atomic E-state index is 12.4. The molecule has 2 aromatic heterocycles. The first kappa shape index (κ1) is 21.8. The van der Waals surface area contributed by atoms with Crippen LogP contribution < -0.4 is 5.73 Å². The van der Waals surface area contributed by atoms with Crippen LogP contribution in [-0.4, -0.2) is 33.8 Å². The van der Waals surface area contributed by atoms with Crippen molar-refractivity contribution in [1.29, 1.82) is 0 Å². The van der Waals surface area contributed by atoms with Gasteiger partial charge in [-0.2, -0.15) is 0 Å². The lowest BCUT2D eigenvalue weighted by Crippen LogP contribution is -2.13. The number of aryl methyl sites for hydroxylation is 1. The van der Waals surface area contributed by atoms with Crippen LogP contribution in [0.3, 0.4) is 0 Å². The fourth-order valence-corrected chi connectivity index (χ4v) is 4.16. The summed E-state index contributed by atoms with van der Waals surface area (Å²) in [5.74, 6) is 0.632. The van der Waals surface area contributed by atoms with Gasteiger partial charge in [-0.25, -0.2) is 13.4 Å². The number of nitrogens with two attached hydrogens (primary N) is 1. The lowest BCUT2D eigenvalue weighted by molar-refractivity contribution is 0.581. The van der Waals surface area contributed by atoms with Crippen LogP contribution in [0.25, 0.3) is 34.3 Å². The number of nitrogens with zero attached hydrogens (tertiary/aromatic N) is 4. The van der Waals surface area contributed by atoms with E-state index in [2.05, 4.69) is 20.2 Å². The van der Waals surface area contributed by atoms with Gasteiger partial charge in [-0.05, 0) is 50.6 Å². The van der Waals surface area contributed by atoms with Gasteiger partial charge in [0.25, 0.3) is 5.89 Å². The third kappa shape index (κ3) is 4.17. The molecule has 2 heterocycles. The zero-order chi connectivity index (χ0) is 22.9. The summed E-state index contributed by atoms with van der Waals surface area (Å²) in [6, 6.07) is 14.2. The van der Waals surface area contributed by atoms with E-state index >= 15 is 0 Å². The standard InChI is InChI=1S/C23H23N5O3S.2H2/c1-14(2)32(29,30)19-10-8-17(9-11-19)20-13-25-15(3)21(26-20)23-28-27-22(31-23)18-6-4-16(12-24)5-7-18;;/h4-11,13-14H,12,24H2,1-3H3;2*1H. The second kappa shape index (κ2) is 8.60. The van der Waals surface area contributed by atoms with Crippen LogP contribution in [0.4, 0.5) is 0 Å². The Morgan fingerprint density at radius 1 is 0.969 bits per heavy atom. The predicted molar refractivity (Wildman–Crippen MR) is 125 cm³/mol. The van der Waals surface area contributed by atoms with E-state index < -0.39 is 15.1 Å². The topological polar surface area (TPSA) is 125 Å². The zero-order valence-electron chi connectivity index (χ0n) is 18.0. The van der Waals surface area contributed by atoms with Crippen LogP contribution in [0, 0.1) is 6.92 Å². The summed E-state index contributed by atoms with van der Waals surface area (Å²) in [5, 5.41) is 7.79. The SMILES string of the molecule is Cc1ncc(-c2ccc(S(=O)(=O)C(C)C)cc2)nc1-c1nnc(-c2ccc(CN)cc2)o1.[HH].[HH]. The fourth-order valence-electron chi connectivity index (χ4n) is 3.10. The Morgan fingerprint density at radius 2 is 1.59 bits per heavy atom. The molecule has 0 aliphatic carbocycles. The van der Waals surface area contributed by atoms with Crippen molar-refractivity contribution in [3.63, 3.8) is 0 Å². The van der Waals surface area contributed by atoms with E-state index in [1.54, 1.807) is 44.3 Å². The summed E-state index contributed by atoms with van der Waals surface area (Å²) >= 11 is 0. The molecule has 4 rings (SSSR count). The highest BCUT2D eigenvalue weighted by atomic mass is 32.2. The van der Waals surface area contributed by atoms with Crippen LogP contribution in [0.5, 0.6) is 0 Å². The highest BCUT2D eigenvalue weighted by Gasteiger charge is 2.20. The molecule has 0 saturated heterocycles. The van der Waals surface area contributed by atoms with Crippen molar-refractivity contribution in [2.45, 2.75) is 37.5 Å². The molecule has 8 nitrogen and oxygen atoms in total. The van der Waals surface area contributed by atoms with E-state index in [4.69, 9.17) is 10.2 Å². The molecule has 0 bridgehead atoms. The Hall–Kier alpha value is -3.43. The predicted octanol–water partition coefficient (Wildman–Crippen LogP) is 4.30. The molecule has 168 valence electrons. The van der Waals surface area contributed by atoms with Crippen LogP contribution >= 0.6 is 0 Å². The normalized spacial score (nSPS) is 11.8. The van der Waals surface area contributed by atoms with Gasteiger partial charge in [0, 0.05) is 20.5 Å². The van der Waals surface area contributed by atoms with Crippen molar-refractivity contribution >= 4 is 9.84 Å². The van der Waals surface area contributed by atoms with Gasteiger partial charge in [-0.15, -0.1) is 10.2 Å². The molecule has 0 saturated carbocycles. The van der Waals surface area contributed by atoms with E-state index in [1.165, 1.54) is 0 Å². The maximum Gasteiger partial charge on any atom is 0.268 e. The summed E-state index contributed by atoms with van der Waals surface area (Å²) in [4.78, 5) is 9.34. The third-order valence-corrected chi connectivity index (χ3v) is 7.29. The molecule has 9 heteroatoms. The fraction of sp³-hybridized carbons (Fsp3) is 0.217. The first-order valence-corrected chi connectivity index (χ1v) is 11.7. The molecular weight excluding hydrogens is 426 g/mol. The minimum atomic E-state index is -3.34. The molecule has 0 aliphatic rings. The molecule has 0 radical (unpaired) electrons. The van der Waals surface area contributed by atoms with Crippen molar-refractivity contribution in [2.24, 2.45) is 5.73 Å². The van der Waals surface area contributed by atoms with E-state index in [-0.39, 0.29) is 13.6 Å². The van der Waals surface area contributed by atoms with E-state index in [0.717, 1.165) is 16.7 Å². The Labute approximate surface area is 189 Å². The number of hydrogen-bond donors (Lipinski definition) is 1. The average Bonchev–Trinajstić information content (AvgIpc) is 3.29. The van der Waals surface area contributed by atoms with Crippen molar-refractivity contribution < 1.29 is 15.7 Å². The minimum absolute atomic E-state index is 0. The number of sulfone groups is 1. The van der Waals surface area contributed by atoms with E-state index in [1.807, 2.05) is 31.2 Å². The Morgan fingerprint density at radius 3 is 2.22 bits per heavy atom. The minimum Gasteiger partial charge on any atom is -0.415 e. The summed E-state index contributed by atoms with van der Waals surface area (Å²) in [7, 11) is -3.34. The number of hydrogen-bond acceptors (Lipinski definition) is 8. The van der Waals surface area contributed by atoms with E-state index in [9.17, 15) is 8.42 Å². The van der Waals surface area contributed by atoms with Gasteiger partial charge in [-0.1, -0.05) is 24.3 Å². The van der Waals surface area contributed by atoms with Crippen LogP contribution in [-0.2, 0) is 16.4 Å². The zero-order valence-corrected chi connectivity index (χ0v) is 18.8. The molecule has 0 unspecified atom stereocenters. The van der Waals surface area contributed by atoms with Crippen molar-refractivity contribution in [2.75, 3.05) is 0 Å². The first-order chi connectivity index (χ1) is 15.3. The van der Waals surface area contributed by atoms with Gasteiger partial charge in [0.15, 0.2) is 9.84 Å². The molecule has 0 amide bonds. The largest absolute Gasteiger partial charge is 0.415 e. The van der Waals surface area contributed by atoms with Gasteiger partial charge < -0.3 is 10.2 Å². The molecule has 0 spiro atoms. The monoisotopic (exact) mass is 453 g/mol. The second-order valence-corrected chi connectivity index (χ2v) is 10.1. The molecule has 0 fully saturated rings. The maximum atomic E-state index is 12.4. The molecule has 0 atom stereocenters. The third-order valence-electron chi connectivity index (χ3n) is 5.12. The van der Waals surface area contributed by atoms with Gasteiger partial charge >= 0.3 is 0 Å². The summed E-state index contributed by atoms with van der Waals surface area (Å²) in [5.41, 5.74) is 9.86. The lowest BCUT2D eigenvalue weighted by atomic mass is 10.1. The number of benzene rings is 2. The smallest absolute Gasteiger partial charge is 0.268 e. The van der Waals surface area contributed by atoms with Crippen molar-refractivity contribution in [3.05, 3.63) is 66.0 Å². The average molecular weight is 454 g/mol. The molecule has 32 heavy (non-hydrogen) atoms. The molecule has 2 N–H and O–H groups in total. The summed E-state index contributed by atoms with van der Waals surface area (Å²) < 4.78 is 30.6. The highest BCUT2D eigenvalue weighted by Crippen LogP contribution is 2.27. The van der Waals surface area contributed by atoms with Gasteiger partial charge in [0.05, 0.1) is 27.7 Å². The van der Waals surface area contributed by atoms with Gasteiger partial charge in [0.2, 0.25) is 5.89 Å². The molecule has 2 aromatic carbocycles. The van der Waals surface area contributed by atoms with Crippen molar-refractivity contribution in [1.82, 2.24) is 20.2 Å². The van der Waals surface area contributed by atoms with Crippen LogP contribution in [0.1, 0.15) is 28.0 Å². The number of rotatable bonds is 6. The molecular formula is C23H27N5O3S.